The van der Waals surface area contributed by atoms with Gasteiger partial charge in [-0.3, -0.25) is 9.52 Å². The zero-order valence-electron chi connectivity index (χ0n) is 18.3. The van der Waals surface area contributed by atoms with Crippen LogP contribution in [0.2, 0.25) is 0 Å². The van der Waals surface area contributed by atoms with Gasteiger partial charge in [0.1, 0.15) is 11.4 Å². The van der Waals surface area contributed by atoms with Crippen LogP contribution in [-0.2, 0) is 16.2 Å². The number of sulfonamides is 1. The number of carbonyl (C=O) groups is 1. The SMILES string of the molecule is C=Cc1cc(-c2ccc(C(=O)N[C@H](C)c3cc(F)c(NS(C)(=O)=O)c(F)c3)o2)cc(C(F)(F)F)c1. The van der Waals surface area contributed by atoms with Gasteiger partial charge in [0.2, 0.25) is 10.0 Å². The van der Waals surface area contributed by atoms with E-state index in [4.69, 9.17) is 4.42 Å². The largest absolute Gasteiger partial charge is 0.451 e. The molecule has 0 spiro atoms. The van der Waals surface area contributed by atoms with E-state index in [1.54, 1.807) is 4.72 Å². The predicted molar refractivity (Wildman–Crippen MR) is 120 cm³/mol. The number of amides is 1. The minimum absolute atomic E-state index is 0.00677. The minimum Gasteiger partial charge on any atom is -0.451 e. The van der Waals surface area contributed by atoms with E-state index in [0.29, 0.717) is 0 Å². The molecule has 0 fully saturated rings. The molecule has 2 N–H and O–H groups in total. The third-order valence-electron chi connectivity index (χ3n) is 4.83. The molecule has 2 aromatic carbocycles. The second-order valence-corrected chi connectivity index (χ2v) is 9.39. The number of carbonyl (C=O) groups excluding carboxylic acids is 1. The Kier molecular flexibility index (Phi) is 7.06. The molecule has 0 radical (unpaired) electrons. The highest BCUT2D eigenvalue weighted by Crippen LogP contribution is 2.34. The summed E-state index contributed by atoms with van der Waals surface area (Å²) in [4.78, 5) is 12.6. The standard InChI is InChI=1S/C23H19F5N2O4S/c1-4-13-7-15(9-16(8-13)23(26,27)28)19-5-6-20(34-19)22(31)29-12(2)14-10-17(24)21(18(25)11-14)30-35(3,32)33/h4-12,30H,1H2,2-3H3,(H,29,31)/t12-/m1/s1. The highest BCUT2D eigenvalue weighted by atomic mass is 32.2. The summed E-state index contributed by atoms with van der Waals surface area (Å²) in [5.41, 5.74) is -1.51. The van der Waals surface area contributed by atoms with E-state index in [-0.39, 0.29) is 28.2 Å². The zero-order valence-corrected chi connectivity index (χ0v) is 19.2. The summed E-state index contributed by atoms with van der Waals surface area (Å²) in [5.74, 6) is -3.42. The van der Waals surface area contributed by atoms with Crippen molar-refractivity contribution in [2.75, 3.05) is 11.0 Å². The minimum atomic E-state index is -4.60. The highest BCUT2D eigenvalue weighted by molar-refractivity contribution is 7.92. The smallest absolute Gasteiger partial charge is 0.416 e. The monoisotopic (exact) mass is 514 g/mol. The Bertz CT molecular complexity index is 1370. The first-order valence-corrected chi connectivity index (χ1v) is 11.8. The van der Waals surface area contributed by atoms with Gasteiger partial charge in [0.15, 0.2) is 17.4 Å². The van der Waals surface area contributed by atoms with Crippen LogP contribution >= 0.6 is 0 Å². The number of nitrogens with one attached hydrogen (secondary N) is 2. The molecule has 1 amide bonds. The summed E-state index contributed by atoms with van der Waals surface area (Å²) in [5, 5.41) is 2.46. The Morgan fingerprint density at radius 3 is 2.26 bits per heavy atom. The number of anilines is 1. The van der Waals surface area contributed by atoms with Crippen molar-refractivity contribution in [3.05, 3.63) is 83.1 Å². The molecule has 0 aliphatic rings. The molecule has 3 rings (SSSR count). The maximum absolute atomic E-state index is 14.2. The number of hydrogen-bond donors (Lipinski definition) is 2. The lowest BCUT2D eigenvalue weighted by molar-refractivity contribution is -0.137. The normalized spacial score (nSPS) is 12.8. The quantitative estimate of drug-likeness (QED) is 0.393. The lowest BCUT2D eigenvalue weighted by atomic mass is 10.0. The molecule has 1 atom stereocenters. The summed E-state index contributed by atoms with van der Waals surface area (Å²) in [6.07, 6.45) is -2.63. The van der Waals surface area contributed by atoms with Gasteiger partial charge in [-0.15, -0.1) is 0 Å². The molecule has 12 heteroatoms. The Labute approximate surface area is 197 Å². The Balaban J connectivity index is 1.82. The van der Waals surface area contributed by atoms with Crippen molar-refractivity contribution in [2.24, 2.45) is 0 Å². The van der Waals surface area contributed by atoms with Gasteiger partial charge in [-0.05, 0) is 60.5 Å². The Morgan fingerprint density at radius 2 is 1.71 bits per heavy atom. The van der Waals surface area contributed by atoms with Crippen LogP contribution in [0.1, 0.15) is 40.2 Å². The van der Waals surface area contributed by atoms with E-state index in [1.807, 2.05) is 0 Å². The molecule has 35 heavy (non-hydrogen) atoms. The van der Waals surface area contributed by atoms with Crippen LogP contribution in [0, 0.1) is 11.6 Å². The van der Waals surface area contributed by atoms with Crippen molar-refractivity contribution in [1.29, 1.82) is 0 Å². The summed E-state index contributed by atoms with van der Waals surface area (Å²) in [6, 6.07) is 6.52. The van der Waals surface area contributed by atoms with Crippen molar-refractivity contribution in [2.45, 2.75) is 19.1 Å². The first-order valence-electron chi connectivity index (χ1n) is 9.90. The molecule has 1 aromatic heterocycles. The highest BCUT2D eigenvalue weighted by Gasteiger charge is 2.31. The molecule has 0 aliphatic carbocycles. The van der Waals surface area contributed by atoms with E-state index in [2.05, 4.69) is 11.9 Å². The lowest BCUT2D eigenvalue weighted by Gasteiger charge is -2.15. The van der Waals surface area contributed by atoms with Gasteiger partial charge in [0, 0.05) is 5.56 Å². The summed E-state index contributed by atoms with van der Waals surface area (Å²) < 4.78 is 97.7. The van der Waals surface area contributed by atoms with Crippen molar-refractivity contribution >= 4 is 27.7 Å². The van der Waals surface area contributed by atoms with Crippen LogP contribution in [0.15, 0.2) is 53.5 Å². The number of furan rings is 1. The number of hydrogen-bond acceptors (Lipinski definition) is 4. The molecular formula is C23H19F5N2O4S. The lowest BCUT2D eigenvalue weighted by Crippen LogP contribution is -2.26. The van der Waals surface area contributed by atoms with E-state index in [0.717, 1.165) is 30.5 Å². The summed E-state index contributed by atoms with van der Waals surface area (Å²) in [7, 11) is -3.93. The average molecular weight is 514 g/mol. The molecule has 3 aromatic rings. The topological polar surface area (TPSA) is 88.4 Å². The van der Waals surface area contributed by atoms with E-state index < -0.39 is 51.0 Å². The average Bonchev–Trinajstić information content (AvgIpc) is 3.25. The molecule has 0 aliphatic heterocycles. The molecule has 0 saturated heterocycles. The summed E-state index contributed by atoms with van der Waals surface area (Å²) in [6.45, 7) is 4.89. The first-order chi connectivity index (χ1) is 16.2. The van der Waals surface area contributed by atoms with Crippen molar-refractivity contribution < 1.29 is 39.6 Å². The molecule has 1 heterocycles. The van der Waals surface area contributed by atoms with Gasteiger partial charge in [-0.1, -0.05) is 12.7 Å². The number of rotatable bonds is 7. The first kappa shape index (κ1) is 25.9. The fourth-order valence-corrected chi connectivity index (χ4v) is 3.73. The Morgan fingerprint density at radius 1 is 1.09 bits per heavy atom. The fourth-order valence-electron chi connectivity index (χ4n) is 3.17. The van der Waals surface area contributed by atoms with Crippen LogP contribution in [0.25, 0.3) is 17.4 Å². The maximum atomic E-state index is 14.2. The third kappa shape index (κ3) is 6.27. The maximum Gasteiger partial charge on any atom is 0.416 e. The van der Waals surface area contributed by atoms with Crippen LogP contribution in [-0.4, -0.2) is 20.6 Å². The van der Waals surface area contributed by atoms with Gasteiger partial charge < -0.3 is 9.73 Å². The number of halogens is 5. The van der Waals surface area contributed by atoms with E-state index in [1.165, 1.54) is 31.2 Å². The summed E-state index contributed by atoms with van der Waals surface area (Å²) >= 11 is 0. The third-order valence-corrected chi connectivity index (χ3v) is 5.41. The Hall–Kier alpha value is -3.67. The van der Waals surface area contributed by atoms with Gasteiger partial charge in [0.05, 0.1) is 17.9 Å². The van der Waals surface area contributed by atoms with Crippen LogP contribution in [0.4, 0.5) is 27.6 Å². The van der Waals surface area contributed by atoms with Crippen LogP contribution in [0.3, 0.4) is 0 Å². The van der Waals surface area contributed by atoms with Crippen LogP contribution in [0.5, 0.6) is 0 Å². The predicted octanol–water partition coefficient (Wildman–Crippen LogP) is 5.75. The molecule has 6 nitrogen and oxygen atoms in total. The number of alkyl halides is 3. The molecule has 186 valence electrons. The molecule has 0 unspecified atom stereocenters. The second-order valence-electron chi connectivity index (χ2n) is 7.64. The van der Waals surface area contributed by atoms with E-state index in [9.17, 15) is 35.2 Å². The van der Waals surface area contributed by atoms with Gasteiger partial charge >= 0.3 is 6.18 Å². The molecular weight excluding hydrogens is 495 g/mol. The van der Waals surface area contributed by atoms with Gasteiger partial charge in [0.25, 0.3) is 5.91 Å². The molecule has 0 saturated carbocycles. The zero-order chi connectivity index (χ0) is 26.1. The van der Waals surface area contributed by atoms with Gasteiger partial charge in [-0.25, -0.2) is 17.2 Å². The molecule has 0 bridgehead atoms. The number of benzene rings is 2. The fraction of sp³-hybridized carbons (Fsp3) is 0.174. The van der Waals surface area contributed by atoms with Crippen molar-refractivity contribution in [3.8, 4) is 11.3 Å². The van der Waals surface area contributed by atoms with E-state index >= 15 is 0 Å². The second kappa shape index (κ2) is 9.53. The van der Waals surface area contributed by atoms with Gasteiger partial charge in [-0.2, -0.15) is 13.2 Å². The van der Waals surface area contributed by atoms with Crippen LogP contribution < -0.4 is 10.0 Å². The van der Waals surface area contributed by atoms with Crippen molar-refractivity contribution in [3.63, 3.8) is 0 Å². The van der Waals surface area contributed by atoms with Crippen molar-refractivity contribution in [1.82, 2.24) is 5.32 Å².